The first kappa shape index (κ1) is 23.0. The maximum absolute atomic E-state index is 13.0. The van der Waals surface area contributed by atoms with Crippen LogP contribution in [0.15, 0.2) is 77.9 Å². The van der Waals surface area contributed by atoms with Gasteiger partial charge in [-0.2, -0.15) is 5.10 Å². The second-order valence-corrected chi connectivity index (χ2v) is 7.71. The SMILES string of the molecule is CC(C)CCOc1ccc(/C=N\NC(=O)c2ccccc2OCc2ccc(F)cc2)cc1. The van der Waals surface area contributed by atoms with Crippen LogP contribution in [-0.4, -0.2) is 18.7 Å². The zero-order valence-electron chi connectivity index (χ0n) is 18.3. The molecule has 0 atom stereocenters. The molecule has 32 heavy (non-hydrogen) atoms. The van der Waals surface area contributed by atoms with Gasteiger partial charge in [0.2, 0.25) is 0 Å². The van der Waals surface area contributed by atoms with Gasteiger partial charge >= 0.3 is 0 Å². The molecule has 0 aliphatic rings. The van der Waals surface area contributed by atoms with Crippen LogP contribution in [0.1, 0.15) is 41.8 Å². The third-order valence-corrected chi connectivity index (χ3v) is 4.66. The number of hydrazone groups is 1. The van der Waals surface area contributed by atoms with Crippen LogP contribution in [0.5, 0.6) is 11.5 Å². The number of halogens is 1. The molecule has 6 heteroatoms. The van der Waals surface area contributed by atoms with Gasteiger partial charge < -0.3 is 9.47 Å². The number of amides is 1. The minimum absolute atomic E-state index is 0.222. The molecule has 0 radical (unpaired) electrons. The van der Waals surface area contributed by atoms with Gasteiger partial charge in [0.05, 0.1) is 18.4 Å². The standard InChI is InChI=1S/C26H27FN2O3/c1-19(2)15-16-31-23-13-9-20(10-14-23)17-28-29-26(30)24-5-3-4-6-25(24)32-18-21-7-11-22(27)12-8-21/h3-14,17,19H,15-16,18H2,1-2H3,(H,29,30)/b28-17-. The van der Waals surface area contributed by atoms with Gasteiger partial charge in [-0.25, -0.2) is 9.82 Å². The molecule has 0 aromatic heterocycles. The molecule has 0 saturated carbocycles. The van der Waals surface area contributed by atoms with Crippen LogP contribution >= 0.6 is 0 Å². The Morgan fingerprint density at radius 1 is 1.00 bits per heavy atom. The first-order chi connectivity index (χ1) is 15.5. The Morgan fingerprint density at radius 2 is 1.72 bits per heavy atom. The minimum atomic E-state index is -0.385. The van der Waals surface area contributed by atoms with Gasteiger partial charge in [-0.05, 0) is 72.0 Å². The van der Waals surface area contributed by atoms with E-state index in [2.05, 4.69) is 24.4 Å². The van der Waals surface area contributed by atoms with Crippen molar-refractivity contribution in [1.82, 2.24) is 5.43 Å². The third-order valence-electron chi connectivity index (χ3n) is 4.66. The van der Waals surface area contributed by atoms with E-state index in [9.17, 15) is 9.18 Å². The molecule has 1 N–H and O–H groups in total. The van der Waals surface area contributed by atoms with Crippen LogP contribution in [0.25, 0.3) is 0 Å². The number of carbonyl (C=O) groups is 1. The van der Waals surface area contributed by atoms with Gasteiger partial charge in [0.15, 0.2) is 0 Å². The number of ether oxygens (including phenoxy) is 2. The van der Waals surface area contributed by atoms with Gasteiger partial charge in [0.1, 0.15) is 23.9 Å². The summed E-state index contributed by atoms with van der Waals surface area (Å²) in [7, 11) is 0. The van der Waals surface area contributed by atoms with Gasteiger partial charge in [-0.3, -0.25) is 4.79 Å². The maximum atomic E-state index is 13.0. The zero-order chi connectivity index (χ0) is 22.8. The number of para-hydroxylation sites is 1. The van der Waals surface area contributed by atoms with Crippen LogP contribution in [0.3, 0.4) is 0 Å². The second kappa shape index (κ2) is 11.6. The average Bonchev–Trinajstić information content (AvgIpc) is 2.79. The fourth-order valence-electron chi connectivity index (χ4n) is 2.81. The van der Waals surface area contributed by atoms with Crippen LogP contribution in [0, 0.1) is 11.7 Å². The number of rotatable bonds is 10. The molecule has 0 bridgehead atoms. The monoisotopic (exact) mass is 434 g/mol. The lowest BCUT2D eigenvalue weighted by molar-refractivity contribution is 0.0950. The van der Waals surface area contributed by atoms with Gasteiger partial charge in [-0.15, -0.1) is 0 Å². The molecule has 3 rings (SSSR count). The first-order valence-electron chi connectivity index (χ1n) is 10.5. The van der Waals surface area contributed by atoms with E-state index in [0.717, 1.165) is 23.3 Å². The molecular weight excluding hydrogens is 407 g/mol. The molecule has 0 unspecified atom stereocenters. The molecule has 166 valence electrons. The van der Waals surface area contributed by atoms with Crippen molar-refractivity contribution < 1.29 is 18.7 Å². The summed E-state index contributed by atoms with van der Waals surface area (Å²) in [5, 5.41) is 4.04. The summed E-state index contributed by atoms with van der Waals surface area (Å²) in [6, 6.07) is 20.4. The summed E-state index contributed by atoms with van der Waals surface area (Å²) in [5.41, 5.74) is 4.52. The summed E-state index contributed by atoms with van der Waals surface area (Å²) >= 11 is 0. The average molecular weight is 435 g/mol. The van der Waals surface area contributed by atoms with Crippen LogP contribution < -0.4 is 14.9 Å². The summed E-state index contributed by atoms with van der Waals surface area (Å²) < 4.78 is 24.5. The number of hydrogen-bond acceptors (Lipinski definition) is 4. The Kier molecular flexibility index (Phi) is 8.37. The van der Waals surface area contributed by atoms with Crippen LogP contribution in [0.2, 0.25) is 0 Å². The molecule has 0 fully saturated rings. The van der Waals surface area contributed by atoms with Gasteiger partial charge in [0.25, 0.3) is 5.91 Å². The van der Waals surface area contributed by atoms with Crippen LogP contribution in [-0.2, 0) is 6.61 Å². The van der Waals surface area contributed by atoms with Crippen molar-refractivity contribution in [3.05, 3.63) is 95.3 Å². The van der Waals surface area contributed by atoms with E-state index < -0.39 is 0 Å². The van der Waals surface area contributed by atoms with E-state index >= 15 is 0 Å². The Bertz CT molecular complexity index is 1030. The lowest BCUT2D eigenvalue weighted by Gasteiger charge is -2.10. The third kappa shape index (κ3) is 7.23. The normalized spacial score (nSPS) is 11.0. The highest BCUT2D eigenvalue weighted by molar-refractivity contribution is 5.97. The van der Waals surface area contributed by atoms with Crippen molar-refractivity contribution >= 4 is 12.1 Å². The number of nitrogens with zero attached hydrogens (tertiary/aromatic N) is 1. The molecule has 0 spiro atoms. The van der Waals surface area contributed by atoms with Crippen LogP contribution in [0.4, 0.5) is 4.39 Å². The molecule has 0 aliphatic carbocycles. The van der Waals surface area contributed by atoms with Gasteiger partial charge in [0, 0.05) is 0 Å². The topological polar surface area (TPSA) is 59.9 Å². The van der Waals surface area contributed by atoms with E-state index in [-0.39, 0.29) is 18.3 Å². The number of carbonyl (C=O) groups excluding carboxylic acids is 1. The Hall–Kier alpha value is -3.67. The Balaban J connectivity index is 1.54. The van der Waals surface area contributed by atoms with E-state index in [1.807, 2.05) is 24.3 Å². The van der Waals surface area contributed by atoms with E-state index in [1.165, 1.54) is 12.1 Å². The first-order valence-corrected chi connectivity index (χ1v) is 10.5. The number of hydrogen-bond donors (Lipinski definition) is 1. The molecule has 3 aromatic rings. The fraction of sp³-hybridized carbons (Fsp3) is 0.231. The zero-order valence-corrected chi connectivity index (χ0v) is 18.3. The quantitative estimate of drug-likeness (QED) is 0.334. The number of benzene rings is 3. The highest BCUT2D eigenvalue weighted by Crippen LogP contribution is 2.19. The molecule has 3 aromatic carbocycles. The molecular formula is C26H27FN2O3. The van der Waals surface area contributed by atoms with Crippen molar-refractivity contribution in [3.8, 4) is 11.5 Å². The highest BCUT2D eigenvalue weighted by atomic mass is 19.1. The number of nitrogens with one attached hydrogen (secondary N) is 1. The van der Waals surface area contributed by atoms with Crippen molar-refractivity contribution in [3.63, 3.8) is 0 Å². The largest absolute Gasteiger partial charge is 0.494 e. The van der Waals surface area contributed by atoms with Gasteiger partial charge in [-0.1, -0.05) is 38.1 Å². The summed E-state index contributed by atoms with van der Waals surface area (Å²) in [4.78, 5) is 12.6. The second-order valence-electron chi connectivity index (χ2n) is 7.71. The molecule has 0 heterocycles. The predicted molar refractivity (Wildman–Crippen MR) is 124 cm³/mol. The van der Waals surface area contributed by atoms with Crippen molar-refractivity contribution in [1.29, 1.82) is 0 Å². The van der Waals surface area contributed by atoms with E-state index in [4.69, 9.17) is 9.47 Å². The lowest BCUT2D eigenvalue weighted by Crippen LogP contribution is -2.18. The molecule has 1 amide bonds. The Labute approximate surface area is 187 Å². The summed E-state index contributed by atoms with van der Waals surface area (Å²) in [6.45, 7) is 5.23. The molecule has 0 saturated heterocycles. The molecule has 5 nitrogen and oxygen atoms in total. The Morgan fingerprint density at radius 3 is 2.44 bits per heavy atom. The van der Waals surface area contributed by atoms with Crippen molar-refractivity contribution in [2.45, 2.75) is 26.9 Å². The van der Waals surface area contributed by atoms with E-state index in [1.54, 1.807) is 42.6 Å². The minimum Gasteiger partial charge on any atom is -0.494 e. The maximum Gasteiger partial charge on any atom is 0.275 e. The van der Waals surface area contributed by atoms with Crippen molar-refractivity contribution in [2.24, 2.45) is 11.0 Å². The predicted octanol–water partition coefficient (Wildman–Crippen LogP) is 5.59. The smallest absolute Gasteiger partial charge is 0.275 e. The van der Waals surface area contributed by atoms with E-state index in [0.29, 0.717) is 23.8 Å². The van der Waals surface area contributed by atoms with Crippen molar-refractivity contribution in [2.75, 3.05) is 6.61 Å². The lowest BCUT2D eigenvalue weighted by atomic mass is 10.1. The summed E-state index contributed by atoms with van der Waals surface area (Å²) in [5.74, 6) is 1.14. The highest BCUT2D eigenvalue weighted by Gasteiger charge is 2.11. The summed E-state index contributed by atoms with van der Waals surface area (Å²) in [6.07, 6.45) is 2.57. The fourth-order valence-corrected chi connectivity index (χ4v) is 2.81. The molecule has 0 aliphatic heterocycles.